The topological polar surface area (TPSA) is 51.8 Å². The number of hydrogen-bond donors (Lipinski definition) is 0. The Bertz CT molecular complexity index is 1630. The maximum atomic E-state index is 14.3. The summed E-state index contributed by atoms with van der Waals surface area (Å²) in [5.41, 5.74) is 1.67. The van der Waals surface area contributed by atoms with E-state index in [0.29, 0.717) is 36.2 Å². The minimum atomic E-state index is -4.59. The fraction of sp³-hybridized carbons (Fsp3) is 0.500. The lowest BCUT2D eigenvalue weighted by molar-refractivity contribution is -0.136. The molecule has 2 atom stereocenters. The van der Waals surface area contributed by atoms with Crippen molar-refractivity contribution in [1.82, 2.24) is 18.9 Å². The van der Waals surface area contributed by atoms with Crippen molar-refractivity contribution in [3.8, 4) is 5.69 Å². The molecule has 0 radical (unpaired) electrons. The number of ether oxygens (including phenoxy) is 1. The van der Waals surface area contributed by atoms with Crippen LogP contribution in [0.2, 0.25) is 0 Å². The molecule has 10 heteroatoms. The Balaban J connectivity index is 1.41. The number of rotatable bonds is 8. The molecule has 0 N–H and O–H groups in total. The molecular weight excluding hydrogens is 561 g/mol. The number of halogens is 3. The lowest BCUT2D eigenvalue weighted by Crippen LogP contribution is -2.34. The Hall–Kier alpha value is -2.95. The molecule has 4 heterocycles. The van der Waals surface area contributed by atoms with Crippen molar-refractivity contribution in [2.45, 2.75) is 71.2 Å². The van der Waals surface area contributed by atoms with E-state index in [0.717, 1.165) is 66.3 Å². The molecule has 1 aliphatic carbocycles. The van der Waals surface area contributed by atoms with E-state index in [1.54, 1.807) is 30.7 Å². The molecule has 1 aromatic carbocycles. The van der Waals surface area contributed by atoms with E-state index in [9.17, 15) is 18.0 Å². The maximum absolute atomic E-state index is 14.3. The van der Waals surface area contributed by atoms with Crippen molar-refractivity contribution in [2.24, 2.45) is 11.8 Å². The van der Waals surface area contributed by atoms with E-state index in [1.165, 1.54) is 21.2 Å². The fourth-order valence-corrected chi connectivity index (χ4v) is 7.62. The van der Waals surface area contributed by atoms with Crippen molar-refractivity contribution >= 4 is 16.9 Å². The normalized spacial score (nSPS) is 19.3. The second-order valence-electron chi connectivity index (χ2n) is 12.0. The molecule has 1 aliphatic heterocycles. The highest BCUT2D eigenvalue weighted by Gasteiger charge is 2.36. The largest absolute Gasteiger partial charge is 0.418 e. The average Bonchev–Trinajstić information content (AvgIpc) is 3.44. The van der Waals surface area contributed by atoms with Crippen LogP contribution in [0.4, 0.5) is 13.2 Å². The van der Waals surface area contributed by atoms with Gasteiger partial charge in [0.2, 0.25) is 0 Å². The first kappa shape index (κ1) is 29.1. The van der Waals surface area contributed by atoms with Crippen LogP contribution >= 0.6 is 11.3 Å². The molecule has 3 aromatic heterocycles. The zero-order chi connectivity index (χ0) is 29.6. The van der Waals surface area contributed by atoms with Gasteiger partial charge in [-0.1, -0.05) is 25.5 Å². The van der Waals surface area contributed by atoms with Gasteiger partial charge in [0.15, 0.2) is 0 Å². The Kier molecular flexibility index (Phi) is 8.06. The second-order valence-corrected chi connectivity index (χ2v) is 13.3. The number of imidazole rings is 1. The molecule has 4 aromatic rings. The van der Waals surface area contributed by atoms with Crippen LogP contribution in [0.25, 0.3) is 11.2 Å². The third kappa shape index (κ3) is 5.68. The van der Waals surface area contributed by atoms with Crippen LogP contribution in [0, 0.1) is 18.8 Å². The van der Waals surface area contributed by atoms with Crippen molar-refractivity contribution in [3.63, 3.8) is 0 Å². The summed E-state index contributed by atoms with van der Waals surface area (Å²) >= 11 is 1.63. The molecule has 1 saturated heterocycles. The smallest absolute Gasteiger partial charge is 0.378 e. The highest BCUT2D eigenvalue weighted by molar-refractivity contribution is 7.11. The monoisotopic (exact) mass is 598 g/mol. The summed E-state index contributed by atoms with van der Waals surface area (Å²) < 4.78 is 50.8. The lowest BCUT2D eigenvalue weighted by Gasteiger charge is -2.34. The number of alkyl halides is 3. The molecule has 1 saturated carbocycles. The van der Waals surface area contributed by atoms with Crippen LogP contribution < -0.4 is 5.69 Å². The summed E-state index contributed by atoms with van der Waals surface area (Å²) in [6, 6.07) is 8.87. The van der Waals surface area contributed by atoms with Crippen molar-refractivity contribution in [2.75, 3.05) is 20.2 Å². The van der Waals surface area contributed by atoms with Gasteiger partial charge in [-0.15, -0.1) is 11.3 Å². The number of piperidine rings is 1. The summed E-state index contributed by atoms with van der Waals surface area (Å²) in [6.45, 7) is 6.77. The standard InChI is InChI=1S/C32H37F3N4O2S/c1-20-7-6-12-37(15-20)16-22-13-26(32(33,34)35)27-18-38(31(40)39(27)17-22)25-11-5-10-24(14-25)29(23-8-4-9-23)30-21(2)42-28(36-30)19-41-3/h5,10-11,13-14,17-18,20,23,29H,4,6-9,12,15-16,19H2,1-3H3/t20-,29-/m0/s1. The van der Waals surface area contributed by atoms with Gasteiger partial charge < -0.3 is 4.74 Å². The number of aromatic nitrogens is 3. The quantitative estimate of drug-likeness (QED) is 0.216. The number of pyridine rings is 1. The predicted molar refractivity (Wildman–Crippen MR) is 158 cm³/mol. The predicted octanol–water partition coefficient (Wildman–Crippen LogP) is 7.18. The van der Waals surface area contributed by atoms with Gasteiger partial charge in [0.1, 0.15) is 5.01 Å². The molecule has 6 rings (SSSR count). The molecule has 2 aliphatic rings. The van der Waals surface area contributed by atoms with Crippen LogP contribution in [-0.2, 0) is 24.1 Å². The lowest BCUT2D eigenvalue weighted by atomic mass is 9.71. The minimum absolute atomic E-state index is 0.0533. The molecule has 6 nitrogen and oxygen atoms in total. The third-order valence-electron chi connectivity index (χ3n) is 8.84. The number of aryl methyl sites for hydroxylation is 1. The minimum Gasteiger partial charge on any atom is -0.378 e. The summed E-state index contributed by atoms with van der Waals surface area (Å²) in [6.07, 6.45) is 3.83. The average molecular weight is 599 g/mol. The molecule has 2 fully saturated rings. The zero-order valence-electron chi connectivity index (χ0n) is 24.3. The Morgan fingerprint density at radius 1 is 1.14 bits per heavy atom. The van der Waals surface area contributed by atoms with Crippen molar-refractivity contribution in [3.05, 3.63) is 85.5 Å². The SMILES string of the molecule is COCc1nc([C@H](c2cccc(-n3cc4c(C(F)(F)F)cc(CN5CCC[C@H](C)C5)cn4c3=O)c2)C2CCC2)c(C)s1. The van der Waals surface area contributed by atoms with Crippen LogP contribution in [0.1, 0.15) is 77.2 Å². The third-order valence-corrected chi connectivity index (χ3v) is 9.80. The highest BCUT2D eigenvalue weighted by atomic mass is 32.1. The number of methoxy groups -OCH3 is 1. The summed E-state index contributed by atoms with van der Waals surface area (Å²) in [5.74, 6) is 0.986. The first-order valence-electron chi connectivity index (χ1n) is 14.7. The van der Waals surface area contributed by atoms with Crippen molar-refractivity contribution < 1.29 is 17.9 Å². The van der Waals surface area contributed by atoms with E-state index in [4.69, 9.17) is 9.72 Å². The number of thiazole rings is 1. The van der Waals surface area contributed by atoms with E-state index >= 15 is 0 Å². The van der Waals surface area contributed by atoms with Gasteiger partial charge in [-0.25, -0.2) is 9.78 Å². The van der Waals surface area contributed by atoms with E-state index < -0.39 is 17.4 Å². The second kappa shape index (κ2) is 11.6. The number of benzene rings is 1. The molecule has 0 bridgehead atoms. The fourth-order valence-electron chi connectivity index (χ4n) is 6.67. The first-order valence-corrected chi connectivity index (χ1v) is 15.6. The van der Waals surface area contributed by atoms with Gasteiger partial charge in [-0.2, -0.15) is 13.2 Å². The summed E-state index contributed by atoms with van der Waals surface area (Å²) in [4.78, 5) is 22.0. The molecule has 42 heavy (non-hydrogen) atoms. The zero-order valence-corrected chi connectivity index (χ0v) is 25.1. The summed E-state index contributed by atoms with van der Waals surface area (Å²) in [7, 11) is 1.66. The first-order chi connectivity index (χ1) is 20.1. The molecule has 0 amide bonds. The van der Waals surface area contributed by atoms with Crippen LogP contribution in [0.3, 0.4) is 0 Å². The molecule has 224 valence electrons. The van der Waals surface area contributed by atoms with E-state index in [1.807, 2.05) is 18.2 Å². The number of hydrogen-bond acceptors (Lipinski definition) is 5. The van der Waals surface area contributed by atoms with Crippen LogP contribution in [0.5, 0.6) is 0 Å². The van der Waals surface area contributed by atoms with Gasteiger partial charge in [0.05, 0.1) is 29.1 Å². The number of nitrogens with zero attached hydrogens (tertiary/aromatic N) is 4. The molecule has 0 unspecified atom stereocenters. The van der Waals surface area contributed by atoms with Gasteiger partial charge in [0, 0.05) is 43.4 Å². The van der Waals surface area contributed by atoms with Gasteiger partial charge in [0.25, 0.3) is 0 Å². The van der Waals surface area contributed by atoms with Gasteiger partial charge >= 0.3 is 11.9 Å². The Morgan fingerprint density at radius 3 is 2.64 bits per heavy atom. The van der Waals surface area contributed by atoms with Crippen molar-refractivity contribution in [1.29, 1.82) is 0 Å². The number of likely N-dealkylation sites (tertiary alicyclic amines) is 1. The highest BCUT2D eigenvalue weighted by Crippen LogP contribution is 2.45. The maximum Gasteiger partial charge on any atom is 0.418 e. The molecular formula is C32H37F3N4O2S. The van der Waals surface area contributed by atoms with Gasteiger partial charge in [-0.05, 0) is 80.3 Å². The van der Waals surface area contributed by atoms with E-state index in [-0.39, 0.29) is 11.4 Å². The van der Waals surface area contributed by atoms with Gasteiger partial charge in [-0.3, -0.25) is 13.9 Å². The Labute approximate surface area is 247 Å². The van der Waals surface area contributed by atoms with E-state index in [2.05, 4.69) is 18.7 Å². The summed E-state index contributed by atoms with van der Waals surface area (Å²) in [5, 5.41) is 0.926. The van der Waals surface area contributed by atoms with Crippen LogP contribution in [0.15, 0.2) is 47.5 Å². The Morgan fingerprint density at radius 2 is 1.95 bits per heavy atom. The molecule has 0 spiro atoms. The van der Waals surface area contributed by atoms with Crippen LogP contribution in [-0.4, -0.2) is 39.1 Å². The number of fused-ring (bicyclic) bond motifs is 1.